The van der Waals surface area contributed by atoms with Crippen LogP contribution in [0, 0.1) is 5.82 Å². The number of carbonyl (C=O) groups excluding carboxylic acids is 1. The second-order valence-corrected chi connectivity index (χ2v) is 4.12. The molecule has 1 aromatic rings. The molecule has 6 heteroatoms. The fourth-order valence-corrected chi connectivity index (χ4v) is 1.68. The Morgan fingerprint density at radius 1 is 1.55 bits per heavy atom. The number of methoxy groups -OCH3 is 1. The highest BCUT2D eigenvalue weighted by Gasteiger charge is 2.11. The van der Waals surface area contributed by atoms with E-state index in [9.17, 15) is 9.18 Å². The number of hydrogen-bond donors (Lipinski definition) is 2. The van der Waals surface area contributed by atoms with Crippen molar-refractivity contribution in [3.63, 3.8) is 0 Å². The molecule has 0 aromatic heterocycles. The largest absolute Gasteiger partial charge is 0.497 e. The van der Waals surface area contributed by atoms with E-state index in [4.69, 9.17) is 9.84 Å². The molecule has 0 bridgehead atoms. The van der Waals surface area contributed by atoms with Crippen LogP contribution in [0.3, 0.4) is 0 Å². The molecule has 0 heterocycles. The molecule has 0 unspecified atom stereocenters. The Morgan fingerprint density at radius 2 is 2.30 bits per heavy atom. The van der Waals surface area contributed by atoms with Gasteiger partial charge in [0.2, 0.25) is 0 Å². The molecule has 0 fully saturated rings. The summed E-state index contributed by atoms with van der Waals surface area (Å²) in [5, 5.41) is 11.5. The minimum absolute atomic E-state index is 0.130. The number of aliphatic hydroxyl groups is 1. The first-order chi connectivity index (χ1) is 9.60. The first kappa shape index (κ1) is 16.0. The van der Waals surface area contributed by atoms with Crippen LogP contribution in [0.4, 0.5) is 9.18 Å². The fourth-order valence-electron chi connectivity index (χ4n) is 1.68. The molecule has 1 rings (SSSR count). The molecule has 110 valence electrons. The van der Waals surface area contributed by atoms with Gasteiger partial charge < -0.3 is 20.1 Å². The third-order valence-corrected chi connectivity index (χ3v) is 2.62. The number of carbonyl (C=O) groups is 1. The molecule has 0 aliphatic carbocycles. The predicted octanol–water partition coefficient (Wildman–Crippen LogP) is 1.52. The molecule has 0 atom stereocenters. The molecular weight excluding hydrogens is 263 g/mol. The Kier molecular flexibility index (Phi) is 6.52. The Bertz CT molecular complexity index is 466. The zero-order valence-corrected chi connectivity index (χ0v) is 11.4. The monoisotopic (exact) mass is 282 g/mol. The summed E-state index contributed by atoms with van der Waals surface area (Å²) in [4.78, 5) is 13.3. The standard InChI is InChI=1S/C14H19FN2O3/c1-3-4-17(5-6-18)14(19)16-10-11-7-12(15)9-13(8-11)20-2/h3,7-9,18H,1,4-6,10H2,2H3,(H,16,19). The maximum absolute atomic E-state index is 13.3. The SMILES string of the molecule is C=CCN(CCO)C(=O)NCc1cc(F)cc(OC)c1. The number of halogens is 1. The van der Waals surface area contributed by atoms with Crippen LogP contribution >= 0.6 is 0 Å². The van der Waals surface area contributed by atoms with Gasteiger partial charge in [-0.1, -0.05) is 6.08 Å². The van der Waals surface area contributed by atoms with E-state index in [0.717, 1.165) is 0 Å². The lowest BCUT2D eigenvalue weighted by atomic mass is 10.2. The third kappa shape index (κ3) is 4.89. The van der Waals surface area contributed by atoms with Crippen molar-refractivity contribution >= 4 is 6.03 Å². The van der Waals surface area contributed by atoms with Crippen LogP contribution < -0.4 is 10.1 Å². The van der Waals surface area contributed by atoms with E-state index in [1.807, 2.05) is 0 Å². The van der Waals surface area contributed by atoms with Crippen LogP contribution in [0.5, 0.6) is 5.75 Å². The minimum Gasteiger partial charge on any atom is -0.497 e. The van der Waals surface area contributed by atoms with Crippen molar-refractivity contribution in [2.75, 3.05) is 26.8 Å². The predicted molar refractivity (Wildman–Crippen MR) is 74.0 cm³/mol. The number of hydrogen-bond acceptors (Lipinski definition) is 3. The summed E-state index contributed by atoms with van der Waals surface area (Å²) in [5.74, 6) is -0.0283. The molecule has 0 radical (unpaired) electrons. The number of aliphatic hydroxyl groups excluding tert-OH is 1. The van der Waals surface area contributed by atoms with Crippen molar-refractivity contribution in [3.05, 3.63) is 42.2 Å². The number of benzene rings is 1. The summed E-state index contributed by atoms with van der Waals surface area (Å²) < 4.78 is 18.2. The van der Waals surface area contributed by atoms with Crippen LogP contribution in [0.2, 0.25) is 0 Å². The van der Waals surface area contributed by atoms with Crippen molar-refractivity contribution in [1.29, 1.82) is 0 Å². The Balaban J connectivity index is 2.63. The highest BCUT2D eigenvalue weighted by molar-refractivity contribution is 5.74. The van der Waals surface area contributed by atoms with Crippen molar-refractivity contribution in [3.8, 4) is 5.75 Å². The van der Waals surface area contributed by atoms with E-state index in [-0.39, 0.29) is 25.7 Å². The lowest BCUT2D eigenvalue weighted by Crippen LogP contribution is -2.41. The molecule has 20 heavy (non-hydrogen) atoms. The number of urea groups is 1. The average Bonchev–Trinajstić information content (AvgIpc) is 2.44. The van der Waals surface area contributed by atoms with E-state index >= 15 is 0 Å². The second kappa shape index (κ2) is 8.16. The van der Waals surface area contributed by atoms with Crippen molar-refractivity contribution < 1.29 is 19.0 Å². The van der Waals surface area contributed by atoms with E-state index in [2.05, 4.69) is 11.9 Å². The smallest absolute Gasteiger partial charge is 0.318 e. The van der Waals surface area contributed by atoms with Crippen LogP contribution in [-0.4, -0.2) is 42.8 Å². The minimum atomic E-state index is -0.424. The summed E-state index contributed by atoms with van der Waals surface area (Å²) >= 11 is 0. The fraction of sp³-hybridized carbons (Fsp3) is 0.357. The van der Waals surface area contributed by atoms with Gasteiger partial charge >= 0.3 is 6.03 Å². The van der Waals surface area contributed by atoms with E-state index in [1.54, 1.807) is 12.1 Å². The van der Waals surface area contributed by atoms with E-state index < -0.39 is 5.82 Å². The number of rotatable bonds is 7. The van der Waals surface area contributed by atoms with Gasteiger partial charge in [0.1, 0.15) is 11.6 Å². The number of amides is 2. The van der Waals surface area contributed by atoms with Crippen molar-refractivity contribution in [1.82, 2.24) is 10.2 Å². The van der Waals surface area contributed by atoms with Gasteiger partial charge in [0.25, 0.3) is 0 Å². The van der Waals surface area contributed by atoms with Gasteiger partial charge in [0, 0.05) is 25.7 Å². The second-order valence-electron chi connectivity index (χ2n) is 4.12. The summed E-state index contributed by atoms with van der Waals surface area (Å²) in [7, 11) is 1.45. The van der Waals surface area contributed by atoms with Gasteiger partial charge in [-0.2, -0.15) is 0 Å². The lowest BCUT2D eigenvalue weighted by Gasteiger charge is -2.20. The van der Waals surface area contributed by atoms with Crippen LogP contribution in [-0.2, 0) is 6.54 Å². The van der Waals surface area contributed by atoms with E-state index in [0.29, 0.717) is 17.9 Å². The highest BCUT2D eigenvalue weighted by Crippen LogP contribution is 2.15. The summed E-state index contributed by atoms with van der Waals surface area (Å²) in [5.41, 5.74) is 0.595. The van der Waals surface area contributed by atoms with Crippen LogP contribution in [0.1, 0.15) is 5.56 Å². The van der Waals surface area contributed by atoms with Crippen molar-refractivity contribution in [2.45, 2.75) is 6.54 Å². The molecule has 1 aromatic carbocycles. The zero-order valence-electron chi connectivity index (χ0n) is 11.4. The van der Waals surface area contributed by atoms with Gasteiger partial charge in [0.05, 0.1) is 13.7 Å². The molecule has 0 saturated carbocycles. The molecule has 0 aliphatic rings. The highest BCUT2D eigenvalue weighted by atomic mass is 19.1. The first-order valence-corrected chi connectivity index (χ1v) is 6.18. The first-order valence-electron chi connectivity index (χ1n) is 6.18. The van der Waals surface area contributed by atoms with Crippen LogP contribution in [0.15, 0.2) is 30.9 Å². The van der Waals surface area contributed by atoms with Gasteiger partial charge in [-0.3, -0.25) is 0 Å². The molecular formula is C14H19FN2O3. The summed E-state index contributed by atoms with van der Waals surface area (Å²) in [6, 6.07) is 3.89. The maximum atomic E-state index is 13.3. The molecule has 2 N–H and O–H groups in total. The molecule has 5 nitrogen and oxygen atoms in total. The lowest BCUT2D eigenvalue weighted by molar-refractivity contribution is 0.183. The number of nitrogens with zero attached hydrogens (tertiary/aromatic N) is 1. The number of nitrogens with one attached hydrogen (secondary N) is 1. The summed E-state index contributed by atoms with van der Waals surface area (Å²) in [6.45, 7) is 4.14. The number of ether oxygens (including phenoxy) is 1. The Hall–Kier alpha value is -2.08. The zero-order chi connectivity index (χ0) is 15.0. The molecule has 0 spiro atoms. The van der Waals surface area contributed by atoms with E-state index in [1.165, 1.54) is 24.1 Å². The molecule has 0 aliphatic heterocycles. The third-order valence-electron chi connectivity index (χ3n) is 2.62. The molecule has 0 saturated heterocycles. The maximum Gasteiger partial charge on any atom is 0.318 e. The van der Waals surface area contributed by atoms with Gasteiger partial charge in [-0.15, -0.1) is 6.58 Å². The van der Waals surface area contributed by atoms with Crippen LogP contribution in [0.25, 0.3) is 0 Å². The normalized spacial score (nSPS) is 9.95. The quantitative estimate of drug-likeness (QED) is 0.745. The Labute approximate surface area is 117 Å². The summed E-state index contributed by atoms with van der Waals surface area (Å²) in [6.07, 6.45) is 1.57. The Morgan fingerprint density at radius 3 is 2.90 bits per heavy atom. The van der Waals surface area contributed by atoms with Gasteiger partial charge in [0.15, 0.2) is 0 Å². The van der Waals surface area contributed by atoms with Gasteiger partial charge in [-0.25, -0.2) is 9.18 Å². The topological polar surface area (TPSA) is 61.8 Å². The average molecular weight is 282 g/mol. The molecule has 2 amide bonds. The van der Waals surface area contributed by atoms with Gasteiger partial charge in [-0.05, 0) is 17.7 Å². The van der Waals surface area contributed by atoms with Crippen molar-refractivity contribution in [2.24, 2.45) is 0 Å².